The normalized spacial score (nSPS) is 12.5. The fourth-order valence-corrected chi connectivity index (χ4v) is 1.77. The molecule has 2 aromatic rings. The molecule has 23 heavy (non-hydrogen) atoms. The SMILES string of the molecule is CC(NC(=O)c1ccncc1)c1cccc(OCC(F)(F)F)n1. The predicted octanol–water partition coefficient (Wildman–Crippen LogP) is 2.91. The van der Waals surface area contributed by atoms with Crippen LogP contribution in [0.2, 0.25) is 0 Å². The average Bonchev–Trinajstić information content (AvgIpc) is 2.53. The first kappa shape index (κ1) is 16.7. The summed E-state index contributed by atoms with van der Waals surface area (Å²) in [6, 6.07) is 7.05. The van der Waals surface area contributed by atoms with Crippen LogP contribution < -0.4 is 10.1 Å². The van der Waals surface area contributed by atoms with Gasteiger partial charge in [0.2, 0.25) is 5.88 Å². The van der Waals surface area contributed by atoms with E-state index in [9.17, 15) is 18.0 Å². The number of amides is 1. The summed E-state index contributed by atoms with van der Waals surface area (Å²) >= 11 is 0. The third-order valence-corrected chi connectivity index (χ3v) is 2.86. The molecule has 2 heterocycles. The van der Waals surface area contributed by atoms with Gasteiger partial charge < -0.3 is 10.1 Å². The molecule has 5 nitrogen and oxygen atoms in total. The van der Waals surface area contributed by atoms with Gasteiger partial charge in [0.15, 0.2) is 6.61 Å². The zero-order valence-electron chi connectivity index (χ0n) is 12.2. The zero-order chi connectivity index (χ0) is 16.9. The van der Waals surface area contributed by atoms with Gasteiger partial charge >= 0.3 is 6.18 Å². The van der Waals surface area contributed by atoms with Crippen molar-refractivity contribution in [2.24, 2.45) is 0 Å². The lowest BCUT2D eigenvalue weighted by molar-refractivity contribution is -0.154. The largest absolute Gasteiger partial charge is 0.468 e. The molecule has 0 aliphatic carbocycles. The smallest absolute Gasteiger partial charge is 0.422 e. The van der Waals surface area contributed by atoms with Crippen LogP contribution in [0.25, 0.3) is 0 Å². The number of halogens is 3. The van der Waals surface area contributed by atoms with Crippen molar-refractivity contribution in [3.05, 3.63) is 54.0 Å². The van der Waals surface area contributed by atoms with Gasteiger partial charge in [0, 0.05) is 24.0 Å². The van der Waals surface area contributed by atoms with Gasteiger partial charge in [-0.25, -0.2) is 4.98 Å². The van der Waals surface area contributed by atoms with Crippen molar-refractivity contribution in [2.45, 2.75) is 19.1 Å². The van der Waals surface area contributed by atoms with E-state index in [2.05, 4.69) is 20.0 Å². The highest BCUT2D eigenvalue weighted by Crippen LogP contribution is 2.19. The van der Waals surface area contributed by atoms with Crippen LogP contribution in [0.15, 0.2) is 42.7 Å². The van der Waals surface area contributed by atoms with Crippen molar-refractivity contribution in [1.29, 1.82) is 0 Å². The molecular weight excluding hydrogens is 311 g/mol. The van der Waals surface area contributed by atoms with E-state index in [-0.39, 0.29) is 11.8 Å². The van der Waals surface area contributed by atoms with Crippen molar-refractivity contribution < 1.29 is 22.7 Å². The number of pyridine rings is 2. The number of hydrogen-bond donors (Lipinski definition) is 1. The summed E-state index contributed by atoms with van der Waals surface area (Å²) in [5.41, 5.74) is 0.823. The Kier molecular flexibility index (Phi) is 5.15. The molecule has 0 radical (unpaired) electrons. The van der Waals surface area contributed by atoms with E-state index in [0.29, 0.717) is 11.3 Å². The lowest BCUT2D eigenvalue weighted by Gasteiger charge is -2.15. The standard InChI is InChI=1S/C15H14F3N3O2/c1-10(20-14(22)11-5-7-19-8-6-11)12-3-2-4-13(21-12)23-9-15(16,17)18/h2-8,10H,9H2,1H3,(H,20,22). The molecule has 2 rings (SSSR count). The molecule has 122 valence electrons. The molecule has 0 aromatic carbocycles. The highest BCUT2D eigenvalue weighted by atomic mass is 19.4. The summed E-state index contributed by atoms with van der Waals surface area (Å²) in [4.78, 5) is 19.8. The second kappa shape index (κ2) is 7.08. The molecule has 0 aliphatic rings. The molecule has 0 spiro atoms. The van der Waals surface area contributed by atoms with Gasteiger partial charge in [-0.3, -0.25) is 9.78 Å². The monoisotopic (exact) mass is 325 g/mol. The van der Waals surface area contributed by atoms with E-state index in [1.165, 1.54) is 24.5 Å². The third kappa shape index (κ3) is 5.24. The Morgan fingerprint density at radius 3 is 2.61 bits per heavy atom. The summed E-state index contributed by atoms with van der Waals surface area (Å²) < 4.78 is 41.0. The van der Waals surface area contributed by atoms with Crippen LogP contribution in [0, 0.1) is 0 Å². The minimum absolute atomic E-state index is 0.148. The minimum atomic E-state index is -4.43. The van der Waals surface area contributed by atoms with Crippen LogP contribution in [0.3, 0.4) is 0 Å². The topological polar surface area (TPSA) is 64.1 Å². The highest BCUT2D eigenvalue weighted by Gasteiger charge is 2.28. The Balaban J connectivity index is 2.02. The number of carbonyl (C=O) groups excluding carboxylic acids is 1. The lowest BCUT2D eigenvalue weighted by atomic mass is 10.2. The van der Waals surface area contributed by atoms with Crippen LogP contribution in [0.5, 0.6) is 5.88 Å². The summed E-state index contributed by atoms with van der Waals surface area (Å²) in [5, 5.41) is 2.71. The maximum atomic E-state index is 12.1. The first-order valence-electron chi connectivity index (χ1n) is 6.72. The number of ether oxygens (including phenoxy) is 1. The van der Waals surface area contributed by atoms with Crippen molar-refractivity contribution in [1.82, 2.24) is 15.3 Å². The molecule has 1 unspecified atom stereocenters. The Bertz CT molecular complexity index is 663. The molecule has 2 aromatic heterocycles. The molecule has 0 fully saturated rings. The maximum absolute atomic E-state index is 12.1. The second-order valence-corrected chi connectivity index (χ2v) is 4.74. The Hall–Kier alpha value is -2.64. The summed E-state index contributed by atoms with van der Waals surface area (Å²) in [5.74, 6) is -0.479. The van der Waals surface area contributed by atoms with Gasteiger partial charge in [0.25, 0.3) is 5.91 Å². The zero-order valence-corrected chi connectivity index (χ0v) is 12.2. The van der Waals surface area contributed by atoms with E-state index < -0.39 is 18.8 Å². The molecule has 0 bridgehead atoms. The van der Waals surface area contributed by atoms with Gasteiger partial charge in [-0.15, -0.1) is 0 Å². The van der Waals surface area contributed by atoms with E-state index in [1.54, 1.807) is 25.1 Å². The van der Waals surface area contributed by atoms with Gasteiger partial charge in [0.1, 0.15) is 0 Å². The molecule has 1 N–H and O–H groups in total. The molecular formula is C15H14F3N3O2. The van der Waals surface area contributed by atoms with Crippen LogP contribution in [0.4, 0.5) is 13.2 Å². The number of nitrogens with one attached hydrogen (secondary N) is 1. The average molecular weight is 325 g/mol. The number of nitrogens with zero attached hydrogens (tertiary/aromatic N) is 2. The van der Waals surface area contributed by atoms with Gasteiger partial charge in [-0.2, -0.15) is 13.2 Å². The van der Waals surface area contributed by atoms with Crippen LogP contribution in [-0.2, 0) is 0 Å². The molecule has 0 saturated heterocycles. The molecule has 0 saturated carbocycles. The Morgan fingerprint density at radius 1 is 1.26 bits per heavy atom. The Morgan fingerprint density at radius 2 is 1.96 bits per heavy atom. The Labute approximate surface area is 130 Å². The maximum Gasteiger partial charge on any atom is 0.422 e. The first-order valence-corrected chi connectivity index (χ1v) is 6.72. The van der Waals surface area contributed by atoms with E-state index in [0.717, 1.165) is 0 Å². The van der Waals surface area contributed by atoms with Gasteiger partial charge in [0.05, 0.1) is 11.7 Å². The van der Waals surface area contributed by atoms with E-state index in [1.807, 2.05) is 0 Å². The number of aromatic nitrogens is 2. The van der Waals surface area contributed by atoms with Crippen molar-refractivity contribution in [3.8, 4) is 5.88 Å². The fourth-order valence-electron chi connectivity index (χ4n) is 1.77. The van der Waals surface area contributed by atoms with Crippen molar-refractivity contribution >= 4 is 5.91 Å². The van der Waals surface area contributed by atoms with Crippen LogP contribution >= 0.6 is 0 Å². The summed E-state index contributed by atoms with van der Waals surface area (Å²) in [6.45, 7) is 0.260. The van der Waals surface area contributed by atoms with Crippen LogP contribution in [-0.4, -0.2) is 28.7 Å². The van der Waals surface area contributed by atoms with Crippen molar-refractivity contribution in [3.63, 3.8) is 0 Å². The quantitative estimate of drug-likeness (QED) is 0.918. The lowest BCUT2D eigenvalue weighted by Crippen LogP contribution is -2.27. The number of carbonyl (C=O) groups is 1. The molecule has 8 heteroatoms. The molecule has 1 atom stereocenters. The number of rotatable bonds is 5. The third-order valence-electron chi connectivity index (χ3n) is 2.86. The van der Waals surface area contributed by atoms with E-state index in [4.69, 9.17) is 0 Å². The highest BCUT2D eigenvalue weighted by molar-refractivity contribution is 5.94. The minimum Gasteiger partial charge on any atom is -0.468 e. The summed E-state index contributed by atoms with van der Waals surface area (Å²) in [6.07, 6.45) is -1.45. The van der Waals surface area contributed by atoms with Crippen molar-refractivity contribution in [2.75, 3.05) is 6.61 Å². The predicted molar refractivity (Wildman–Crippen MR) is 75.9 cm³/mol. The molecule has 1 amide bonds. The second-order valence-electron chi connectivity index (χ2n) is 4.74. The fraction of sp³-hybridized carbons (Fsp3) is 0.267. The number of hydrogen-bond acceptors (Lipinski definition) is 4. The van der Waals surface area contributed by atoms with Crippen LogP contribution in [0.1, 0.15) is 29.0 Å². The first-order chi connectivity index (χ1) is 10.8. The number of alkyl halides is 3. The van der Waals surface area contributed by atoms with Gasteiger partial charge in [-0.05, 0) is 25.1 Å². The molecule has 0 aliphatic heterocycles. The van der Waals surface area contributed by atoms with Gasteiger partial charge in [-0.1, -0.05) is 6.07 Å². The summed E-state index contributed by atoms with van der Waals surface area (Å²) in [7, 11) is 0. The van der Waals surface area contributed by atoms with E-state index >= 15 is 0 Å².